The van der Waals surface area contributed by atoms with Crippen molar-refractivity contribution in [3.63, 3.8) is 0 Å². The van der Waals surface area contributed by atoms with Gasteiger partial charge in [-0.1, -0.05) is 19.3 Å². The number of piperazine rings is 1. The summed E-state index contributed by atoms with van der Waals surface area (Å²) in [7, 11) is 0. The summed E-state index contributed by atoms with van der Waals surface area (Å²) in [5.74, 6) is 0.841. The summed E-state index contributed by atoms with van der Waals surface area (Å²) in [6, 6.07) is 5.37. The summed E-state index contributed by atoms with van der Waals surface area (Å²) in [6.45, 7) is 2.45. The van der Waals surface area contributed by atoms with Gasteiger partial charge in [-0.15, -0.1) is 0 Å². The van der Waals surface area contributed by atoms with E-state index in [4.69, 9.17) is 4.42 Å². The van der Waals surface area contributed by atoms with Crippen LogP contribution in [0.2, 0.25) is 0 Å². The number of hydrogen-bond donors (Lipinski definition) is 1. The molecule has 2 fully saturated rings. The number of nitrogens with one attached hydrogen (secondary N) is 1. The molecule has 0 spiro atoms. The number of carbonyl (C=O) groups excluding carboxylic acids is 2. The van der Waals surface area contributed by atoms with Crippen LogP contribution in [0.5, 0.6) is 0 Å². The van der Waals surface area contributed by atoms with Gasteiger partial charge in [-0.05, 0) is 25.0 Å². The van der Waals surface area contributed by atoms with Crippen LogP contribution in [0.3, 0.4) is 0 Å². The molecule has 3 heterocycles. The van der Waals surface area contributed by atoms with E-state index in [9.17, 15) is 9.59 Å². The molecule has 4 rings (SSSR count). The quantitative estimate of drug-likeness (QED) is 0.869. The van der Waals surface area contributed by atoms with Gasteiger partial charge in [0.2, 0.25) is 0 Å². The van der Waals surface area contributed by atoms with E-state index in [1.165, 1.54) is 31.9 Å². The highest BCUT2D eigenvalue weighted by Crippen LogP contribution is 2.19. The summed E-state index contributed by atoms with van der Waals surface area (Å²) in [5, 5.41) is 3.09. The van der Waals surface area contributed by atoms with Crippen molar-refractivity contribution in [2.24, 2.45) is 0 Å². The number of anilines is 1. The fourth-order valence-corrected chi connectivity index (χ4v) is 3.85. The van der Waals surface area contributed by atoms with Crippen molar-refractivity contribution in [1.29, 1.82) is 0 Å². The first-order chi connectivity index (χ1) is 13.7. The van der Waals surface area contributed by atoms with Crippen LogP contribution >= 0.6 is 0 Å². The predicted molar refractivity (Wildman–Crippen MR) is 103 cm³/mol. The maximum atomic E-state index is 12.5. The third kappa shape index (κ3) is 4.16. The average molecular weight is 383 g/mol. The number of furan rings is 1. The fraction of sp³-hybridized carbons (Fsp3) is 0.500. The van der Waals surface area contributed by atoms with Crippen LogP contribution in [-0.2, 0) is 0 Å². The van der Waals surface area contributed by atoms with E-state index in [1.807, 2.05) is 0 Å². The van der Waals surface area contributed by atoms with Crippen LogP contribution in [0, 0.1) is 0 Å². The molecule has 1 saturated heterocycles. The van der Waals surface area contributed by atoms with Crippen LogP contribution in [-0.4, -0.2) is 58.9 Å². The average Bonchev–Trinajstić information content (AvgIpc) is 3.29. The van der Waals surface area contributed by atoms with Gasteiger partial charge in [0.15, 0.2) is 5.76 Å². The minimum absolute atomic E-state index is 0.0973. The van der Waals surface area contributed by atoms with Gasteiger partial charge in [-0.2, -0.15) is 0 Å². The Balaban J connectivity index is 1.35. The molecule has 28 heavy (non-hydrogen) atoms. The van der Waals surface area contributed by atoms with Crippen molar-refractivity contribution < 1.29 is 14.0 Å². The third-order valence-corrected chi connectivity index (χ3v) is 5.45. The lowest BCUT2D eigenvalue weighted by atomic mass is 9.95. The lowest BCUT2D eigenvalue weighted by Crippen LogP contribution is -2.49. The highest BCUT2D eigenvalue weighted by Gasteiger charge is 2.25. The van der Waals surface area contributed by atoms with Crippen LogP contribution < -0.4 is 10.2 Å². The molecule has 2 aromatic heterocycles. The third-order valence-electron chi connectivity index (χ3n) is 5.45. The largest absolute Gasteiger partial charge is 0.459 e. The topological polar surface area (TPSA) is 91.6 Å². The zero-order valence-electron chi connectivity index (χ0n) is 15.8. The predicted octanol–water partition coefficient (Wildman–Crippen LogP) is 2.09. The molecule has 2 aliphatic rings. The first-order valence-electron chi connectivity index (χ1n) is 9.91. The second-order valence-electron chi connectivity index (χ2n) is 7.33. The lowest BCUT2D eigenvalue weighted by Gasteiger charge is -2.35. The van der Waals surface area contributed by atoms with Gasteiger partial charge in [0.05, 0.1) is 6.26 Å². The number of rotatable bonds is 4. The van der Waals surface area contributed by atoms with E-state index in [0.717, 1.165) is 12.8 Å². The molecule has 8 nitrogen and oxygen atoms in total. The SMILES string of the molecule is O=C(NC1CCCCC1)c1cc(N2CCN(C(=O)c3ccco3)CC2)ncn1. The number of aromatic nitrogens is 2. The van der Waals surface area contributed by atoms with Gasteiger partial charge in [-0.25, -0.2) is 9.97 Å². The van der Waals surface area contributed by atoms with Gasteiger partial charge in [0, 0.05) is 38.3 Å². The van der Waals surface area contributed by atoms with E-state index < -0.39 is 0 Å². The van der Waals surface area contributed by atoms with E-state index in [2.05, 4.69) is 20.2 Å². The number of nitrogens with zero attached hydrogens (tertiary/aromatic N) is 4. The second-order valence-corrected chi connectivity index (χ2v) is 7.33. The Kier molecular flexibility index (Phi) is 5.55. The number of hydrogen-bond acceptors (Lipinski definition) is 6. The smallest absolute Gasteiger partial charge is 0.289 e. The summed E-state index contributed by atoms with van der Waals surface area (Å²) >= 11 is 0. The Hall–Kier alpha value is -2.90. The molecule has 0 radical (unpaired) electrons. The highest BCUT2D eigenvalue weighted by atomic mass is 16.3. The van der Waals surface area contributed by atoms with Gasteiger partial charge >= 0.3 is 0 Å². The maximum absolute atomic E-state index is 12.5. The van der Waals surface area contributed by atoms with E-state index in [1.54, 1.807) is 23.1 Å². The van der Waals surface area contributed by atoms with Gasteiger partial charge in [-0.3, -0.25) is 9.59 Å². The summed E-state index contributed by atoms with van der Waals surface area (Å²) in [4.78, 5) is 37.2. The summed E-state index contributed by atoms with van der Waals surface area (Å²) in [6.07, 6.45) is 8.60. The first kappa shape index (κ1) is 18.5. The Morgan fingerprint density at radius 3 is 2.57 bits per heavy atom. The molecule has 148 valence electrons. The number of amides is 2. The van der Waals surface area contributed by atoms with Crippen LogP contribution in [0.4, 0.5) is 5.82 Å². The van der Waals surface area contributed by atoms with Gasteiger partial charge in [0.25, 0.3) is 11.8 Å². The van der Waals surface area contributed by atoms with Crippen molar-refractivity contribution in [1.82, 2.24) is 20.2 Å². The highest BCUT2D eigenvalue weighted by molar-refractivity contribution is 5.93. The molecule has 1 aliphatic heterocycles. The van der Waals surface area contributed by atoms with E-state index in [-0.39, 0.29) is 17.9 Å². The Morgan fingerprint density at radius 2 is 1.86 bits per heavy atom. The molecule has 8 heteroatoms. The maximum Gasteiger partial charge on any atom is 0.289 e. The summed E-state index contributed by atoms with van der Waals surface area (Å²) in [5.41, 5.74) is 0.393. The fourth-order valence-electron chi connectivity index (χ4n) is 3.85. The molecule has 2 amide bonds. The van der Waals surface area contributed by atoms with Gasteiger partial charge < -0.3 is 19.5 Å². The van der Waals surface area contributed by atoms with Crippen LogP contribution in [0.1, 0.15) is 53.1 Å². The molecule has 1 N–H and O–H groups in total. The van der Waals surface area contributed by atoms with Crippen LogP contribution in [0.25, 0.3) is 0 Å². The Morgan fingerprint density at radius 1 is 1.07 bits per heavy atom. The second kappa shape index (κ2) is 8.41. The molecule has 0 atom stereocenters. The Bertz CT molecular complexity index is 809. The molecule has 2 aromatic rings. The zero-order chi connectivity index (χ0) is 19.3. The molecule has 0 bridgehead atoms. The standard InChI is InChI=1S/C20H25N5O3/c26-19(23-15-5-2-1-3-6-15)16-13-18(22-14-21-16)24-8-10-25(11-9-24)20(27)17-7-4-12-28-17/h4,7,12-15H,1-3,5-6,8-11H2,(H,23,26). The normalized spacial score (nSPS) is 18.1. The van der Waals surface area contributed by atoms with Crippen molar-refractivity contribution in [2.45, 2.75) is 38.1 Å². The minimum atomic E-state index is -0.137. The van der Waals surface area contributed by atoms with E-state index >= 15 is 0 Å². The lowest BCUT2D eigenvalue weighted by molar-refractivity contribution is 0.0714. The first-order valence-corrected chi connectivity index (χ1v) is 9.91. The van der Waals surface area contributed by atoms with Crippen molar-refractivity contribution in [3.05, 3.63) is 42.2 Å². The van der Waals surface area contributed by atoms with Crippen molar-refractivity contribution in [2.75, 3.05) is 31.1 Å². The van der Waals surface area contributed by atoms with Gasteiger partial charge in [0.1, 0.15) is 17.8 Å². The Labute approximate surface area is 163 Å². The van der Waals surface area contributed by atoms with E-state index in [0.29, 0.717) is 43.5 Å². The zero-order valence-corrected chi connectivity index (χ0v) is 15.8. The van der Waals surface area contributed by atoms with Crippen LogP contribution in [0.15, 0.2) is 35.2 Å². The molecule has 1 saturated carbocycles. The minimum Gasteiger partial charge on any atom is -0.459 e. The van der Waals surface area contributed by atoms with Crippen molar-refractivity contribution >= 4 is 17.6 Å². The molecule has 0 unspecified atom stereocenters. The van der Waals surface area contributed by atoms with Crippen molar-refractivity contribution in [3.8, 4) is 0 Å². The molecule has 0 aromatic carbocycles. The molecular formula is C20H25N5O3. The summed E-state index contributed by atoms with van der Waals surface area (Å²) < 4.78 is 5.19. The number of carbonyl (C=O) groups is 2. The molecule has 1 aliphatic carbocycles. The monoisotopic (exact) mass is 383 g/mol. The molecular weight excluding hydrogens is 358 g/mol.